The molecule has 7 heteroatoms. The minimum absolute atomic E-state index is 0.0280. The number of hydrogen-bond donors (Lipinski definition) is 1. The summed E-state index contributed by atoms with van der Waals surface area (Å²) in [6.45, 7) is 9.29. The van der Waals surface area contributed by atoms with E-state index in [1.165, 1.54) is 0 Å². The predicted molar refractivity (Wildman–Crippen MR) is 99.2 cm³/mol. The number of carbonyl (C=O) groups is 2. The van der Waals surface area contributed by atoms with E-state index in [1.54, 1.807) is 13.1 Å². The van der Waals surface area contributed by atoms with Gasteiger partial charge in [0.05, 0.1) is 18.7 Å². The van der Waals surface area contributed by atoms with Crippen LogP contribution in [0.15, 0.2) is 18.3 Å². The van der Waals surface area contributed by atoms with Gasteiger partial charge in [0.1, 0.15) is 5.60 Å². The van der Waals surface area contributed by atoms with Crippen molar-refractivity contribution in [3.8, 4) is 0 Å². The molecule has 1 aromatic heterocycles. The molecule has 1 saturated heterocycles. The first kappa shape index (κ1) is 20.0. The lowest BCUT2D eigenvalue weighted by molar-refractivity contribution is -0.142. The second kappa shape index (κ2) is 8.87. The lowest BCUT2D eigenvalue weighted by atomic mass is 10.0. The highest BCUT2D eigenvalue weighted by Crippen LogP contribution is 2.21. The van der Waals surface area contributed by atoms with Crippen LogP contribution in [0.4, 0.5) is 10.5 Å². The summed E-state index contributed by atoms with van der Waals surface area (Å²) in [5.74, 6) is -0.278. The Morgan fingerprint density at radius 2 is 2.15 bits per heavy atom. The van der Waals surface area contributed by atoms with Gasteiger partial charge in [0.2, 0.25) is 0 Å². The number of esters is 1. The van der Waals surface area contributed by atoms with E-state index in [9.17, 15) is 9.59 Å². The smallest absolute Gasteiger partial charge is 0.407 e. The van der Waals surface area contributed by atoms with Crippen molar-refractivity contribution in [2.24, 2.45) is 0 Å². The molecule has 0 aromatic carbocycles. The Kier molecular flexibility index (Phi) is 6.83. The van der Waals surface area contributed by atoms with Crippen LogP contribution in [0, 0.1) is 0 Å². The zero-order valence-corrected chi connectivity index (χ0v) is 16.1. The lowest BCUT2D eigenvalue weighted by Gasteiger charge is -2.35. The number of ether oxygens (including phenoxy) is 2. The van der Waals surface area contributed by atoms with Crippen LogP contribution in [0.2, 0.25) is 0 Å². The van der Waals surface area contributed by atoms with Crippen molar-refractivity contribution in [1.29, 1.82) is 0 Å². The third-order valence-corrected chi connectivity index (χ3v) is 3.94. The van der Waals surface area contributed by atoms with Gasteiger partial charge < -0.3 is 19.7 Å². The van der Waals surface area contributed by atoms with Crippen molar-refractivity contribution in [3.05, 3.63) is 24.0 Å². The van der Waals surface area contributed by atoms with Crippen LogP contribution in [-0.4, -0.2) is 48.4 Å². The van der Waals surface area contributed by atoms with E-state index in [4.69, 9.17) is 9.47 Å². The molecule has 1 unspecified atom stereocenters. The average Bonchev–Trinajstić information content (AvgIpc) is 2.53. The molecule has 1 aromatic rings. The summed E-state index contributed by atoms with van der Waals surface area (Å²) in [7, 11) is 0. The quantitative estimate of drug-likeness (QED) is 0.810. The largest absolute Gasteiger partial charge is 0.466 e. The van der Waals surface area contributed by atoms with Crippen LogP contribution >= 0.6 is 0 Å². The molecule has 1 N–H and O–H groups in total. The molecule has 1 atom stereocenters. The number of nitrogens with zero attached hydrogens (tertiary/aromatic N) is 2. The van der Waals surface area contributed by atoms with Crippen molar-refractivity contribution in [2.75, 3.05) is 24.6 Å². The van der Waals surface area contributed by atoms with Gasteiger partial charge >= 0.3 is 12.1 Å². The average molecular weight is 363 g/mol. The molecule has 1 amide bonds. The minimum Gasteiger partial charge on any atom is -0.466 e. The molecule has 2 rings (SSSR count). The van der Waals surface area contributed by atoms with Crippen molar-refractivity contribution < 1.29 is 19.1 Å². The highest BCUT2D eigenvalue weighted by Gasteiger charge is 2.24. The fourth-order valence-corrected chi connectivity index (χ4v) is 2.92. The molecule has 144 valence electrons. The number of nitrogens with one attached hydrogen (secondary N) is 1. The number of pyridine rings is 1. The van der Waals surface area contributed by atoms with Gasteiger partial charge in [-0.3, -0.25) is 9.78 Å². The second-order valence-corrected chi connectivity index (χ2v) is 7.42. The van der Waals surface area contributed by atoms with Crippen molar-refractivity contribution in [3.63, 3.8) is 0 Å². The van der Waals surface area contributed by atoms with Crippen molar-refractivity contribution in [1.82, 2.24) is 10.3 Å². The summed E-state index contributed by atoms with van der Waals surface area (Å²) in [6, 6.07) is 3.86. The molecule has 0 radical (unpaired) electrons. The molecular formula is C19H29N3O4. The van der Waals surface area contributed by atoms with Crippen molar-refractivity contribution in [2.45, 2.75) is 58.6 Å². The van der Waals surface area contributed by atoms with Crippen molar-refractivity contribution >= 4 is 17.7 Å². The van der Waals surface area contributed by atoms with E-state index in [1.807, 2.05) is 32.9 Å². The van der Waals surface area contributed by atoms with Gasteiger partial charge in [0.15, 0.2) is 0 Å². The van der Waals surface area contributed by atoms with Gasteiger partial charge in [0.25, 0.3) is 0 Å². The zero-order valence-electron chi connectivity index (χ0n) is 16.1. The maximum atomic E-state index is 12.0. The topological polar surface area (TPSA) is 80.8 Å². The van der Waals surface area contributed by atoms with E-state index in [0.29, 0.717) is 18.8 Å². The number of aromatic nitrogens is 1. The summed E-state index contributed by atoms with van der Waals surface area (Å²) < 4.78 is 10.3. The van der Waals surface area contributed by atoms with Gasteiger partial charge in [0, 0.05) is 31.0 Å². The molecule has 2 heterocycles. The minimum atomic E-state index is -0.508. The highest BCUT2D eigenvalue weighted by atomic mass is 16.6. The maximum absolute atomic E-state index is 12.0. The first-order chi connectivity index (χ1) is 12.3. The van der Waals surface area contributed by atoms with Crippen LogP contribution < -0.4 is 10.2 Å². The normalized spacial score (nSPS) is 17.5. The summed E-state index contributed by atoms with van der Waals surface area (Å²) in [4.78, 5) is 30.1. The zero-order chi connectivity index (χ0) is 19.2. The van der Waals surface area contributed by atoms with E-state index >= 15 is 0 Å². The number of carbonyl (C=O) groups excluding carboxylic acids is 2. The molecule has 26 heavy (non-hydrogen) atoms. The SMILES string of the molecule is CCOC(=O)Cc1cc(N2CCCC(NC(=O)OC(C)(C)C)C2)ccn1. The van der Waals surface area contributed by atoms with Crippen LogP contribution in [-0.2, 0) is 20.7 Å². The number of anilines is 1. The lowest BCUT2D eigenvalue weighted by Crippen LogP contribution is -2.49. The van der Waals surface area contributed by atoms with Crippen LogP contribution in [0.5, 0.6) is 0 Å². The number of rotatable bonds is 5. The summed E-state index contributed by atoms with van der Waals surface area (Å²) >= 11 is 0. The molecular weight excluding hydrogens is 334 g/mol. The Morgan fingerprint density at radius 3 is 2.85 bits per heavy atom. The number of amides is 1. The van der Waals surface area contributed by atoms with Crippen LogP contribution in [0.3, 0.4) is 0 Å². The van der Waals surface area contributed by atoms with Gasteiger partial charge in [-0.1, -0.05) is 0 Å². The Labute approximate surface area is 155 Å². The third kappa shape index (κ3) is 6.54. The fourth-order valence-electron chi connectivity index (χ4n) is 2.92. The Balaban J connectivity index is 1.96. The predicted octanol–water partition coefficient (Wildman–Crippen LogP) is 2.68. The summed E-state index contributed by atoms with van der Waals surface area (Å²) in [5, 5.41) is 2.95. The molecule has 0 bridgehead atoms. The number of hydrogen-bond acceptors (Lipinski definition) is 6. The highest BCUT2D eigenvalue weighted by molar-refractivity contribution is 5.72. The number of piperidine rings is 1. The van der Waals surface area contributed by atoms with E-state index in [0.717, 1.165) is 25.1 Å². The third-order valence-electron chi connectivity index (χ3n) is 3.94. The maximum Gasteiger partial charge on any atom is 0.407 e. The van der Waals surface area contributed by atoms with E-state index in [-0.39, 0.29) is 24.5 Å². The standard InChI is InChI=1S/C19H29N3O4/c1-5-25-17(23)12-15-11-16(8-9-20-15)22-10-6-7-14(13-22)21-18(24)26-19(2,3)4/h8-9,11,14H,5-7,10,12-13H2,1-4H3,(H,21,24). The van der Waals surface area contributed by atoms with Gasteiger partial charge in [-0.05, 0) is 52.7 Å². The Morgan fingerprint density at radius 1 is 1.38 bits per heavy atom. The van der Waals surface area contributed by atoms with E-state index in [2.05, 4.69) is 15.2 Å². The fraction of sp³-hybridized carbons (Fsp3) is 0.632. The molecule has 0 spiro atoms. The Hall–Kier alpha value is -2.31. The Bertz CT molecular complexity index is 627. The molecule has 0 saturated carbocycles. The van der Waals surface area contributed by atoms with Gasteiger partial charge in [-0.25, -0.2) is 4.79 Å². The molecule has 0 aliphatic carbocycles. The first-order valence-corrected chi connectivity index (χ1v) is 9.12. The molecule has 1 aliphatic rings. The monoisotopic (exact) mass is 363 g/mol. The van der Waals surface area contributed by atoms with E-state index < -0.39 is 5.60 Å². The van der Waals surface area contributed by atoms with Crippen LogP contribution in [0.25, 0.3) is 0 Å². The molecule has 1 fully saturated rings. The molecule has 1 aliphatic heterocycles. The van der Waals surface area contributed by atoms with Gasteiger partial charge in [-0.15, -0.1) is 0 Å². The van der Waals surface area contributed by atoms with Crippen LogP contribution in [0.1, 0.15) is 46.2 Å². The number of alkyl carbamates (subject to hydrolysis) is 1. The van der Waals surface area contributed by atoms with Gasteiger partial charge in [-0.2, -0.15) is 0 Å². The first-order valence-electron chi connectivity index (χ1n) is 9.12. The summed E-state index contributed by atoms with van der Waals surface area (Å²) in [5.41, 5.74) is 1.17. The second-order valence-electron chi connectivity index (χ2n) is 7.42. The molecule has 7 nitrogen and oxygen atoms in total. The summed E-state index contributed by atoms with van der Waals surface area (Å²) in [6.07, 6.45) is 3.36.